The van der Waals surface area contributed by atoms with Gasteiger partial charge < -0.3 is 10.6 Å². The van der Waals surface area contributed by atoms with Crippen molar-refractivity contribution in [1.82, 2.24) is 9.97 Å². The molecular weight excluding hydrogens is 176 g/mol. The first-order chi connectivity index (χ1) is 5.77. The fourth-order valence-corrected chi connectivity index (χ4v) is 1.37. The van der Waals surface area contributed by atoms with Gasteiger partial charge in [-0.1, -0.05) is 11.6 Å². The molecule has 0 radical (unpaired) electrons. The number of aromatic nitrogens is 2. The molecule has 0 saturated heterocycles. The Labute approximate surface area is 75.4 Å². The number of nitrogens with zero attached hydrogens (tertiary/aromatic N) is 2. The van der Waals surface area contributed by atoms with Crippen LogP contribution in [0.25, 0.3) is 0 Å². The lowest BCUT2D eigenvalue weighted by molar-refractivity contribution is 0.804. The number of halogens is 1. The van der Waals surface area contributed by atoms with E-state index in [0.717, 1.165) is 18.1 Å². The zero-order valence-electron chi connectivity index (χ0n) is 6.63. The van der Waals surface area contributed by atoms with Gasteiger partial charge in [0.2, 0.25) is 0 Å². The minimum absolute atomic E-state index is 0.378. The summed E-state index contributed by atoms with van der Waals surface area (Å²) >= 11 is 5.84. The summed E-state index contributed by atoms with van der Waals surface area (Å²) in [5.41, 5.74) is 0.803. The molecule has 0 aromatic carbocycles. The van der Waals surface area contributed by atoms with Gasteiger partial charge in [-0.25, -0.2) is 9.97 Å². The molecule has 0 amide bonds. The predicted molar refractivity (Wildman–Crippen MR) is 48.6 cm³/mol. The van der Waals surface area contributed by atoms with Crippen LogP contribution in [0.1, 0.15) is 6.92 Å². The summed E-state index contributed by atoms with van der Waals surface area (Å²) in [6.07, 6.45) is 1.45. The molecule has 2 heterocycles. The highest BCUT2D eigenvalue weighted by Gasteiger charge is 2.16. The Morgan fingerprint density at radius 2 is 2.42 bits per heavy atom. The smallest absolute Gasteiger partial charge is 0.157 e. The highest BCUT2D eigenvalue weighted by molar-refractivity contribution is 6.32. The second-order valence-corrected chi connectivity index (χ2v) is 3.17. The number of hydrogen-bond acceptors (Lipinski definition) is 4. The third-order valence-corrected chi connectivity index (χ3v) is 2.06. The van der Waals surface area contributed by atoms with Crippen LogP contribution in [0.15, 0.2) is 6.33 Å². The van der Waals surface area contributed by atoms with Gasteiger partial charge in [-0.2, -0.15) is 0 Å². The van der Waals surface area contributed by atoms with E-state index in [1.807, 2.05) is 0 Å². The average molecular weight is 185 g/mol. The summed E-state index contributed by atoms with van der Waals surface area (Å²) in [6, 6.07) is 0.378. The summed E-state index contributed by atoms with van der Waals surface area (Å²) in [4.78, 5) is 7.93. The molecule has 0 spiro atoms. The molecule has 0 bridgehead atoms. The van der Waals surface area contributed by atoms with E-state index in [-0.39, 0.29) is 0 Å². The van der Waals surface area contributed by atoms with Crippen molar-refractivity contribution >= 4 is 23.1 Å². The van der Waals surface area contributed by atoms with Crippen molar-refractivity contribution < 1.29 is 0 Å². The molecule has 64 valence electrons. The van der Waals surface area contributed by atoms with Crippen LogP contribution < -0.4 is 10.6 Å². The summed E-state index contributed by atoms with van der Waals surface area (Å²) in [5, 5.41) is 6.84. The zero-order chi connectivity index (χ0) is 8.55. The Hall–Kier alpha value is -1.03. The van der Waals surface area contributed by atoms with E-state index in [1.165, 1.54) is 6.33 Å². The standard InChI is InChI=1S/C7H9ClN4/c1-4-2-9-5-6(8)10-3-11-7(5)12-4/h3-4,9H,2H2,1H3,(H,10,11,12)/t4-/m1/s1. The van der Waals surface area contributed by atoms with E-state index < -0.39 is 0 Å². The minimum atomic E-state index is 0.378. The fraction of sp³-hybridized carbons (Fsp3) is 0.429. The zero-order valence-corrected chi connectivity index (χ0v) is 7.39. The Morgan fingerprint density at radius 1 is 1.58 bits per heavy atom. The topological polar surface area (TPSA) is 49.8 Å². The minimum Gasteiger partial charge on any atom is -0.377 e. The molecule has 1 aromatic rings. The first-order valence-corrected chi connectivity index (χ1v) is 4.16. The van der Waals surface area contributed by atoms with Crippen LogP contribution in [0.5, 0.6) is 0 Å². The SMILES string of the molecule is C[C@@H]1CNc2c(Cl)ncnc2N1. The van der Waals surface area contributed by atoms with Gasteiger partial charge >= 0.3 is 0 Å². The van der Waals surface area contributed by atoms with Crippen molar-refractivity contribution in [1.29, 1.82) is 0 Å². The molecule has 1 aliphatic rings. The Kier molecular flexibility index (Phi) is 1.77. The number of anilines is 2. The lowest BCUT2D eigenvalue weighted by atomic mass is 10.2. The van der Waals surface area contributed by atoms with Crippen LogP contribution in [0.2, 0.25) is 5.15 Å². The van der Waals surface area contributed by atoms with Crippen molar-refractivity contribution in [2.75, 3.05) is 17.2 Å². The summed E-state index contributed by atoms with van der Waals surface area (Å²) in [6.45, 7) is 2.92. The Morgan fingerprint density at radius 3 is 3.25 bits per heavy atom. The highest BCUT2D eigenvalue weighted by Crippen LogP contribution is 2.28. The molecule has 0 unspecified atom stereocenters. The van der Waals surface area contributed by atoms with Crippen LogP contribution in [-0.4, -0.2) is 22.6 Å². The van der Waals surface area contributed by atoms with Gasteiger partial charge in [-0.15, -0.1) is 0 Å². The number of rotatable bonds is 0. The van der Waals surface area contributed by atoms with Crippen LogP contribution >= 0.6 is 11.6 Å². The molecule has 2 N–H and O–H groups in total. The molecule has 0 saturated carbocycles. The molecular formula is C7H9ClN4. The molecule has 0 fully saturated rings. The number of fused-ring (bicyclic) bond motifs is 1. The molecule has 1 aliphatic heterocycles. The molecule has 0 aliphatic carbocycles. The summed E-state index contributed by atoms with van der Waals surface area (Å²) in [5.74, 6) is 0.786. The maximum atomic E-state index is 5.84. The van der Waals surface area contributed by atoms with Gasteiger partial charge in [0.25, 0.3) is 0 Å². The van der Waals surface area contributed by atoms with Gasteiger partial charge in [-0.05, 0) is 6.92 Å². The van der Waals surface area contributed by atoms with Crippen molar-refractivity contribution in [2.24, 2.45) is 0 Å². The van der Waals surface area contributed by atoms with Crippen molar-refractivity contribution in [3.05, 3.63) is 11.5 Å². The van der Waals surface area contributed by atoms with E-state index in [4.69, 9.17) is 11.6 Å². The molecule has 4 nitrogen and oxygen atoms in total. The third kappa shape index (κ3) is 1.18. The van der Waals surface area contributed by atoms with Crippen LogP contribution in [0.3, 0.4) is 0 Å². The van der Waals surface area contributed by atoms with E-state index >= 15 is 0 Å². The normalized spacial score (nSPS) is 20.7. The average Bonchev–Trinajstić information content (AvgIpc) is 2.04. The van der Waals surface area contributed by atoms with Crippen LogP contribution in [0.4, 0.5) is 11.5 Å². The monoisotopic (exact) mass is 184 g/mol. The van der Waals surface area contributed by atoms with Gasteiger partial charge in [0, 0.05) is 12.6 Å². The van der Waals surface area contributed by atoms with Crippen LogP contribution in [0, 0.1) is 0 Å². The van der Waals surface area contributed by atoms with E-state index in [2.05, 4.69) is 27.5 Å². The fourth-order valence-electron chi connectivity index (χ4n) is 1.17. The molecule has 12 heavy (non-hydrogen) atoms. The van der Waals surface area contributed by atoms with Gasteiger partial charge in [-0.3, -0.25) is 0 Å². The quantitative estimate of drug-likeness (QED) is 0.598. The van der Waals surface area contributed by atoms with Gasteiger partial charge in [0.05, 0.1) is 0 Å². The molecule has 1 atom stereocenters. The predicted octanol–water partition coefficient (Wildman–Crippen LogP) is 1.36. The van der Waals surface area contributed by atoms with Crippen molar-refractivity contribution in [3.8, 4) is 0 Å². The maximum absolute atomic E-state index is 5.84. The molecule has 2 rings (SSSR count). The first kappa shape index (κ1) is 7.61. The Bertz CT molecular complexity index is 301. The first-order valence-electron chi connectivity index (χ1n) is 3.78. The van der Waals surface area contributed by atoms with Crippen molar-refractivity contribution in [3.63, 3.8) is 0 Å². The lowest BCUT2D eigenvalue weighted by Crippen LogP contribution is -2.31. The highest BCUT2D eigenvalue weighted by atomic mass is 35.5. The summed E-state index contributed by atoms with van der Waals surface area (Å²) in [7, 11) is 0. The van der Waals surface area contributed by atoms with E-state index in [0.29, 0.717) is 11.2 Å². The summed E-state index contributed by atoms with van der Waals surface area (Å²) < 4.78 is 0. The largest absolute Gasteiger partial charge is 0.377 e. The number of nitrogens with one attached hydrogen (secondary N) is 2. The molecule has 1 aromatic heterocycles. The molecule has 5 heteroatoms. The van der Waals surface area contributed by atoms with Crippen molar-refractivity contribution in [2.45, 2.75) is 13.0 Å². The van der Waals surface area contributed by atoms with E-state index in [9.17, 15) is 0 Å². The van der Waals surface area contributed by atoms with Gasteiger partial charge in [0.15, 0.2) is 11.0 Å². The van der Waals surface area contributed by atoms with Crippen LogP contribution in [-0.2, 0) is 0 Å². The second-order valence-electron chi connectivity index (χ2n) is 2.81. The maximum Gasteiger partial charge on any atom is 0.157 e. The van der Waals surface area contributed by atoms with Gasteiger partial charge in [0.1, 0.15) is 12.0 Å². The second kappa shape index (κ2) is 2.79. The Balaban J connectivity index is 2.42. The number of hydrogen-bond donors (Lipinski definition) is 2. The third-order valence-electron chi connectivity index (χ3n) is 1.77. The lowest BCUT2D eigenvalue weighted by Gasteiger charge is -2.24. The van der Waals surface area contributed by atoms with E-state index in [1.54, 1.807) is 0 Å².